The van der Waals surface area contributed by atoms with Crippen LogP contribution in [0.5, 0.6) is 17.2 Å². The van der Waals surface area contributed by atoms with Crippen LogP contribution in [0, 0.1) is 13.8 Å². The van der Waals surface area contributed by atoms with Gasteiger partial charge in [0.15, 0.2) is 11.5 Å². The predicted octanol–water partition coefficient (Wildman–Crippen LogP) is 5.00. The lowest BCUT2D eigenvalue weighted by Gasteiger charge is -2.32. The van der Waals surface area contributed by atoms with Crippen molar-refractivity contribution in [3.8, 4) is 17.2 Å². The Morgan fingerprint density at radius 3 is 2.18 bits per heavy atom. The summed E-state index contributed by atoms with van der Waals surface area (Å²) in [7, 11) is 0.154. The molecule has 0 aliphatic heterocycles. The quantitative estimate of drug-likeness (QED) is 0.281. The summed E-state index contributed by atoms with van der Waals surface area (Å²) in [6.45, 7) is 4.94. The van der Waals surface area contributed by atoms with Crippen molar-refractivity contribution in [1.82, 2.24) is 10.2 Å². The minimum atomic E-state index is -4.29. The maximum absolute atomic E-state index is 14.3. The van der Waals surface area contributed by atoms with E-state index in [9.17, 15) is 18.0 Å². The van der Waals surface area contributed by atoms with Crippen LogP contribution in [0.15, 0.2) is 65.6 Å². The summed E-state index contributed by atoms with van der Waals surface area (Å²) in [6, 6.07) is 16.1. The molecular formula is C34H43N3O7S. The molecule has 1 aliphatic carbocycles. The first-order valence-corrected chi connectivity index (χ1v) is 16.5. The Bertz CT molecular complexity index is 1600. The van der Waals surface area contributed by atoms with Crippen LogP contribution in [0.2, 0.25) is 0 Å². The summed E-state index contributed by atoms with van der Waals surface area (Å²) in [6.07, 6.45) is 3.88. The van der Waals surface area contributed by atoms with Gasteiger partial charge in [-0.1, -0.05) is 31.0 Å². The Hall–Kier alpha value is -4.25. The molecule has 0 bridgehead atoms. The van der Waals surface area contributed by atoms with Crippen molar-refractivity contribution in [2.24, 2.45) is 0 Å². The molecule has 0 heterocycles. The monoisotopic (exact) mass is 637 g/mol. The van der Waals surface area contributed by atoms with Crippen LogP contribution in [0.3, 0.4) is 0 Å². The number of hydrogen-bond donors (Lipinski definition) is 1. The van der Waals surface area contributed by atoms with Crippen molar-refractivity contribution in [3.05, 3.63) is 77.4 Å². The van der Waals surface area contributed by atoms with E-state index in [1.54, 1.807) is 38.3 Å². The van der Waals surface area contributed by atoms with E-state index >= 15 is 0 Å². The molecule has 0 saturated heterocycles. The summed E-state index contributed by atoms with van der Waals surface area (Å²) in [4.78, 5) is 29.1. The number of aryl methyl sites for hydroxylation is 2. The summed E-state index contributed by atoms with van der Waals surface area (Å²) in [5.41, 5.74) is 2.74. The molecule has 1 fully saturated rings. The fourth-order valence-electron chi connectivity index (χ4n) is 5.67. The Kier molecular flexibility index (Phi) is 11.0. The van der Waals surface area contributed by atoms with Gasteiger partial charge in [-0.25, -0.2) is 8.42 Å². The highest BCUT2D eigenvalue weighted by Crippen LogP contribution is 2.33. The van der Waals surface area contributed by atoms with E-state index < -0.39 is 28.5 Å². The fourth-order valence-corrected chi connectivity index (χ4v) is 7.08. The van der Waals surface area contributed by atoms with E-state index in [-0.39, 0.29) is 29.1 Å². The van der Waals surface area contributed by atoms with Crippen LogP contribution in [0.4, 0.5) is 5.69 Å². The van der Waals surface area contributed by atoms with E-state index in [1.165, 1.54) is 37.3 Å². The van der Waals surface area contributed by atoms with Crippen molar-refractivity contribution in [1.29, 1.82) is 0 Å². The highest BCUT2D eigenvalue weighted by molar-refractivity contribution is 7.92. The van der Waals surface area contributed by atoms with Crippen LogP contribution >= 0.6 is 0 Å². The van der Waals surface area contributed by atoms with Crippen LogP contribution in [-0.4, -0.2) is 65.1 Å². The van der Waals surface area contributed by atoms with Gasteiger partial charge < -0.3 is 24.4 Å². The molecule has 2 amide bonds. The zero-order valence-electron chi connectivity index (χ0n) is 26.8. The maximum atomic E-state index is 14.3. The van der Waals surface area contributed by atoms with E-state index in [0.29, 0.717) is 17.2 Å². The van der Waals surface area contributed by atoms with Gasteiger partial charge in [-0.2, -0.15) is 0 Å². The lowest BCUT2D eigenvalue weighted by atomic mass is 10.1. The normalized spacial score (nSPS) is 14.0. The van der Waals surface area contributed by atoms with Crippen molar-refractivity contribution < 1.29 is 32.2 Å². The van der Waals surface area contributed by atoms with E-state index in [0.717, 1.165) is 46.7 Å². The number of methoxy groups -OCH3 is 3. The molecule has 1 saturated carbocycles. The molecule has 0 radical (unpaired) electrons. The number of carbonyl (C=O) groups excluding carboxylic acids is 2. The third kappa shape index (κ3) is 8.08. The molecule has 0 spiro atoms. The Morgan fingerprint density at radius 2 is 1.56 bits per heavy atom. The number of hydrogen-bond acceptors (Lipinski definition) is 7. The molecule has 4 rings (SSSR count). The highest BCUT2D eigenvalue weighted by atomic mass is 32.2. The number of carbonyl (C=O) groups is 2. The van der Waals surface area contributed by atoms with Gasteiger partial charge in [0, 0.05) is 18.7 Å². The second kappa shape index (κ2) is 14.7. The van der Waals surface area contributed by atoms with Crippen LogP contribution in [0.1, 0.15) is 49.3 Å². The molecular weight excluding hydrogens is 594 g/mol. The van der Waals surface area contributed by atoms with Gasteiger partial charge in [0.05, 0.1) is 31.9 Å². The Labute approximate surface area is 266 Å². The maximum Gasteiger partial charge on any atom is 0.264 e. The average Bonchev–Trinajstić information content (AvgIpc) is 3.54. The zero-order chi connectivity index (χ0) is 32.7. The summed E-state index contributed by atoms with van der Waals surface area (Å²) in [5.74, 6) is 0.406. The molecule has 1 aliphatic rings. The molecule has 10 nitrogen and oxygen atoms in total. The first-order chi connectivity index (χ1) is 21.5. The molecule has 0 unspecified atom stereocenters. The standard InChI is InChI=1S/C34H43N3O7S/c1-23-16-24(2)18-28(17-23)37(45(40,41)30-14-15-31(43-5)32(20-30)44-6)22-33(38)36(21-26-10-9-13-29(19-26)42-4)25(3)34(39)35-27-11-7-8-12-27/h9-10,13-20,25,27H,7-8,11-12,21-22H2,1-6H3,(H,35,39)/t25-/m0/s1. The molecule has 3 aromatic rings. The van der Waals surface area contributed by atoms with Crippen molar-refractivity contribution >= 4 is 27.5 Å². The van der Waals surface area contributed by atoms with Gasteiger partial charge in [-0.05, 0) is 86.7 Å². The zero-order valence-corrected chi connectivity index (χ0v) is 27.6. The van der Waals surface area contributed by atoms with Gasteiger partial charge in [-0.3, -0.25) is 13.9 Å². The van der Waals surface area contributed by atoms with Gasteiger partial charge >= 0.3 is 0 Å². The number of benzene rings is 3. The van der Waals surface area contributed by atoms with Gasteiger partial charge in [0.2, 0.25) is 11.8 Å². The Morgan fingerprint density at radius 1 is 0.889 bits per heavy atom. The first-order valence-electron chi connectivity index (χ1n) is 15.0. The molecule has 242 valence electrons. The minimum absolute atomic E-state index is 0.0610. The summed E-state index contributed by atoms with van der Waals surface area (Å²) in [5, 5.41) is 3.09. The average molecular weight is 638 g/mol. The molecule has 45 heavy (non-hydrogen) atoms. The number of amides is 2. The number of nitrogens with one attached hydrogen (secondary N) is 1. The molecule has 11 heteroatoms. The van der Waals surface area contributed by atoms with Gasteiger partial charge in [0.25, 0.3) is 10.0 Å². The molecule has 1 atom stereocenters. The second-order valence-electron chi connectivity index (χ2n) is 11.4. The SMILES string of the molecule is COc1cccc(CN(C(=O)CN(c2cc(C)cc(C)c2)S(=O)(=O)c2ccc(OC)c(OC)c2)[C@@H](C)C(=O)NC2CCCC2)c1. The van der Waals surface area contributed by atoms with E-state index in [4.69, 9.17) is 14.2 Å². The third-order valence-corrected chi connectivity index (χ3v) is 9.84. The largest absolute Gasteiger partial charge is 0.497 e. The number of anilines is 1. The molecule has 1 N–H and O–H groups in total. The number of ether oxygens (including phenoxy) is 3. The number of nitrogens with zero attached hydrogens (tertiary/aromatic N) is 2. The number of sulfonamides is 1. The molecule has 0 aromatic heterocycles. The lowest BCUT2D eigenvalue weighted by molar-refractivity contribution is -0.139. The number of rotatable bonds is 13. The minimum Gasteiger partial charge on any atom is -0.497 e. The van der Waals surface area contributed by atoms with Crippen LogP contribution in [-0.2, 0) is 26.2 Å². The predicted molar refractivity (Wildman–Crippen MR) is 173 cm³/mol. The van der Waals surface area contributed by atoms with Crippen molar-refractivity contribution in [2.75, 3.05) is 32.2 Å². The van der Waals surface area contributed by atoms with Gasteiger partial charge in [-0.15, -0.1) is 0 Å². The second-order valence-corrected chi connectivity index (χ2v) is 13.3. The summed E-state index contributed by atoms with van der Waals surface area (Å²) >= 11 is 0. The fraction of sp³-hybridized carbons (Fsp3) is 0.412. The topological polar surface area (TPSA) is 114 Å². The first kappa shape index (κ1) is 33.6. The van der Waals surface area contributed by atoms with Gasteiger partial charge in [0.1, 0.15) is 18.3 Å². The van der Waals surface area contributed by atoms with Crippen molar-refractivity contribution in [3.63, 3.8) is 0 Å². The van der Waals surface area contributed by atoms with Crippen LogP contribution in [0.25, 0.3) is 0 Å². The smallest absolute Gasteiger partial charge is 0.264 e. The molecule has 3 aromatic carbocycles. The van der Waals surface area contributed by atoms with Crippen molar-refractivity contribution in [2.45, 2.75) is 70.0 Å². The Balaban J connectivity index is 1.75. The van der Waals surface area contributed by atoms with Crippen LogP contribution < -0.4 is 23.8 Å². The van der Waals surface area contributed by atoms with E-state index in [1.807, 2.05) is 32.0 Å². The summed E-state index contributed by atoms with van der Waals surface area (Å²) < 4.78 is 45.8. The third-order valence-electron chi connectivity index (χ3n) is 8.07. The van der Waals surface area contributed by atoms with E-state index in [2.05, 4.69) is 5.32 Å². The highest BCUT2D eigenvalue weighted by Gasteiger charge is 2.34. The lowest BCUT2D eigenvalue weighted by Crippen LogP contribution is -2.52.